The predicted octanol–water partition coefficient (Wildman–Crippen LogP) is 1.44. The molecule has 6 heavy (non-hydrogen) atoms. The Kier molecular flexibility index (Phi) is 5.52. The van der Waals surface area contributed by atoms with Gasteiger partial charge >= 0.3 is 0 Å². The molecule has 0 saturated carbocycles. The molecule has 2 nitrogen and oxygen atoms in total. The van der Waals surface area contributed by atoms with E-state index < -0.39 is 6.70 Å². The average molecular weight is 260 g/mol. The summed E-state index contributed by atoms with van der Waals surface area (Å²) >= 11 is 4.53. The summed E-state index contributed by atoms with van der Waals surface area (Å²) < 4.78 is 18.9. The SMILES string of the molecule is Cl.O=S(=O)(Br)Br. The fourth-order valence-corrected chi connectivity index (χ4v) is 0. The van der Waals surface area contributed by atoms with E-state index in [-0.39, 0.29) is 12.4 Å². The molecule has 0 heterocycles. The van der Waals surface area contributed by atoms with Crippen LogP contribution in [0.3, 0.4) is 0 Å². The van der Waals surface area contributed by atoms with E-state index in [1.165, 1.54) is 0 Å². The first-order valence-corrected chi connectivity index (χ1v) is 5.81. The van der Waals surface area contributed by atoms with E-state index in [0.717, 1.165) is 0 Å². The first-order chi connectivity index (χ1) is 2.00. The van der Waals surface area contributed by atoms with Crippen LogP contribution in [0.5, 0.6) is 0 Å². The smallest absolute Gasteiger partial charge is 0.205 e. The molecule has 0 atom stereocenters. The van der Waals surface area contributed by atoms with Gasteiger partial charge in [-0.25, -0.2) is 8.42 Å². The first-order valence-electron chi connectivity index (χ1n) is 0.642. The normalized spacial score (nSPS) is 9.67. The highest BCUT2D eigenvalue weighted by atomic mass is 79.9. The van der Waals surface area contributed by atoms with E-state index in [9.17, 15) is 8.42 Å². The molecule has 0 fully saturated rings. The van der Waals surface area contributed by atoms with Gasteiger partial charge < -0.3 is 0 Å². The molecule has 0 aromatic heterocycles. The fourth-order valence-electron chi connectivity index (χ4n) is 0. The van der Waals surface area contributed by atoms with Crippen LogP contribution < -0.4 is 0 Å². The number of halogens is 3. The lowest BCUT2D eigenvalue weighted by atomic mass is 15.9. The Morgan fingerprint density at radius 3 is 1.17 bits per heavy atom. The molecule has 0 saturated heterocycles. The Labute approximate surface area is 57.0 Å². The van der Waals surface area contributed by atoms with Gasteiger partial charge in [0.15, 0.2) is 0 Å². The molecule has 6 heteroatoms. The Morgan fingerprint density at radius 1 is 1.17 bits per heavy atom. The van der Waals surface area contributed by atoms with Crippen LogP contribution in [-0.4, -0.2) is 8.42 Å². The Morgan fingerprint density at radius 2 is 1.17 bits per heavy atom. The molecule has 0 spiro atoms. The monoisotopic (exact) mass is 258 g/mol. The van der Waals surface area contributed by atoms with E-state index in [2.05, 4.69) is 29.6 Å². The number of hydrogen-bond donors (Lipinski definition) is 0. The molecule has 0 N–H and O–H groups in total. The van der Waals surface area contributed by atoms with Crippen LogP contribution in [0.15, 0.2) is 0 Å². The fraction of sp³-hybridized carbons (Fsp3) is 0. The number of hydrogen-bond acceptors (Lipinski definition) is 2. The van der Waals surface area contributed by atoms with Crippen LogP contribution in [0.1, 0.15) is 0 Å². The van der Waals surface area contributed by atoms with Gasteiger partial charge in [0, 0.05) is 0 Å². The zero-order valence-corrected chi connectivity index (χ0v) is 7.19. The van der Waals surface area contributed by atoms with Crippen molar-refractivity contribution in [2.45, 2.75) is 0 Å². The van der Waals surface area contributed by atoms with Gasteiger partial charge in [0.25, 0.3) is 6.70 Å². The number of rotatable bonds is 0. The van der Waals surface area contributed by atoms with Crippen molar-refractivity contribution in [2.24, 2.45) is 0 Å². The molecule has 0 aliphatic heterocycles. The van der Waals surface area contributed by atoms with Crippen molar-refractivity contribution in [3.8, 4) is 0 Å². The van der Waals surface area contributed by atoms with Gasteiger partial charge in [0.1, 0.15) is 0 Å². The van der Waals surface area contributed by atoms with Gasteiger partial charge in [-0.2, -0.15) is 0 Å². The van der Waals surface area contributed by atoms with Crippen LogP contribution >= 0.6 is 42.0 Å². The molecule has 0 radical (unpaired) electrons. The van der Waals surface area contributed by atoms with Crippen molar-refractivity contribution in [3.05, 3.63) is 0 Å². The predicted molar refractivity (Wildman–Crippen MR) is 34.0 cm³/mol. The van der Waals surface area contributed by atoms with E-state index in [0.29, 0.717) is 0 Å². The van der Waals surface area contributed by atoms with Gasteiger partial charge in [-0.3, -0.25) is 0 Å². The second-order valence-electron chi connectivity index (χ2n) is 0.378. The molecule has 0 unspecified atom stereocenters. The van der Waals surface area contributed by atoms with Gasteiger partial charge in [-0.1, -0.05) is 0 Å². The molecule has 0 aliphatic carbocycles. The molecule has 0 aromatic rings. The summed E-state index contributed by atoms with van der Waals surface area (Å²) in [4.78, 5) is 0. The molecule has 0 aromatic carbocycles. The summed E-state index contributed by atoms with van der Waals surface area (Å²) in [5.74, 6) is 0. The van der Waals surface area contributed by atoms with Gasteiger partial charge in [-0.15, -0.1) is 12.4 Å². The Hall–Kier alpha value is 1.20. The van der Waals surface area contributed by atoms with Gasteiger partial charge in [-0.05, 0) is 0 Å². The van der Waals surface area contributed by atoms with E-state index >= 15 is 0 Å². The average Bonchev–Trinajstić information content (AvgIpc) is 0.722. The summed E-state index contributed by atoms with van der Waals surface area (Å²) in [5.41, 5.74) is 0. The van der Waals surface area contributed by atoms with Gasteiger partial charge in [0.2, 0.25) is 0 Å². The maximum absolute atomic E-state index is 9.47. The lowest BCUT2D eigenvalue weighted by molar-refractivity contribution is 0.625. The summed E-state index contributed by atoms with van der Waals surface area (Å²) in [6, 6.07) is 0. The van der Waals surface area contributed by atoms with Crippen molar-refractivity contribution in [3.63, 3.8) is 0 Å². The van der Waals surface area contributed by atoms with E-state index in [1.54, 1.807) is 0 Å². The van der Waals surface area contributed by atoms with Crippen molar-refractivity contribution in [1.29, 1.82) is 0 Å². The third kappa shape index (κ3) is 63.7. The Balaban J connectivity index is 0. The van der Waals surface area contributed by atoms with Crippen LogP contribution in [0.4, 0.5) is 0 Å². The highest BCUT2D eigenvalue weighted by Gasteiger charge is 1.87. The summed E-state index contributed by atoms with van der Waals surface area (Å²) in [6.07, 6.45) is 0. The standard InChI is InChI=1S/Br2O2S.ClH/c1-5(2,3)4;/h;1H. The molecule has 0 amide bonds. The summed E-state index contributed by atoms with van der Waals surface area (Å²) in [5, 5.41) is 0. The summed E-state index contributed by atoms with van der Waals surface area (Å²) in [6.45, 7) is -3.04. The highest BCUT2D eigenvalue weighted by molar-refractivity contribution is 9.79. The minimum atomic E-state index is -3.04. The minimum Gasteiger partial charge on any atom is -0.205 e. The maximum atomic E-state index is 9.47. The molecular formula is HBr2ClO2S. The summed E-state index contributed by atoms with van der Waals surface area (Å²) in [7, 11) is 0. The minimum absolute atomic E-state index is 0. The van der Waals surface area contributed by atoms with Crippen molar-refractivity contribution in [1.82, 2.24) is 0 Å². The zero-order chi connectivity index (χ0) is 4.50. The molecule has 40 valence electrons. The topological polar surface area (TPSA) is 34.1 Å². The lowest BCUT2D eigenvalue weighted by Gasteiger charge is -1.62. The quantitative estimate of drug-likeness (QED) is 0.618. The lowest BCUT2D eigenvalue weighted by Crippen LogP contribution is -1.60. The highest BCUT2D eigenvalue weighted by Crippen LogP contribution is 2.06. The van der Waals surface area contributed by atoms with Crippen molar-refractivity contribution in [2.75, 3.05) is 0 Å². The van der Waals surface area contributed by atoms with Crippen molar-refractivity contribution >= 4 is 48.7 Å². The van der Waals surface area contributed by atoms with E-state index in [1.807, 2.05) is 0 Å². The van der Waals surface area contributed by atoms with Crippen LogP contribution in [0, 0.1) is 0 Å². The molecule has 0 bridgehead atoms. The second kappa shape index (κ2) is 3.23. The maximum Gasteiger partial charge on any atom is 0.268 e. The third-order valence-corrected chi connectivity index (χ3v) is 0. The van der Waals surface area contributed by atoms with Crippen LogP contribution in [0.2, 0.25) is 0 Å². The largest absolute Gasteiger partial charge is 0.268 e. The Bertz CT molecular complexity index is 94.7. The molecule has 0 aliphatic rings. The third-order valence-electron chi connectivity index (χ3n) is 0. The first kappa shape index (κ1) is 10.2. The molecule has 0 rings (SSSR count). The van der Waals surface area contributed by atoms with Crippen LogP contribution in [0.25, 0.3) is 0 Å². The van der Waals surface area contributed by atoms with Crippen LogP contribution in [-0.2, 0) is 6.70 Å². The van der Waals surface area contributed by atoms with Crippen molar-refractivity contribution < 1.29 is 8.42 Å². The van der Waals surface area contributed by atoms with E-state index in [4.69, 9.17) is 0 Å². The second-order valence-corrected chi connectivity index (χ2v) is 8.86. The molecular weight excluding hydrogens is 259 g/mol. The zero-order valence-electron chi connectivity index (χ0n) is 2.39. The van der Waals surface area contributed by atoms with Gasteiger partial charge in [0.05, 0.1) is 29.6 Å².